The normalized spacial score (nSPS) is 12.6. The van der Waals surface area contributed by atoms with Crippen LogP contribution in [0.5, 0.6) is 0 Å². The lowest BCUT2D eigenvalue weighted by atomic mass is 9.73. The van der Waals surface area contributed by atoms with Gasteiger partial charge >= 0.3 is 0 Å². The fourth-order valence-corrected chi connectivity index (χ4v) is 2.39. The van der Waals surface area contributed by atoms with Gasteiger partial charge in [0.25, 0.3) is 0 Å². The number of hydrogen-bond acceptors (Lipinski definition) is 1. The van der Waals surface area contributed by atoms with E-state index in [1.807, 2.05) is 0 Å². The summed E-state index contributed by atoms with van der Waals surface area (Å²) in [7, 11) is 0. The molecule has 0 atom stereocenters. The molecule has 0 rings (SSSR count). The third kappa shape index (κ3) is 7.03. The Hall–Kier alpha value is -0.530. The molecule has 0 aliphatic heterocycles. The Bertz CT molecular complexity index is 243. The zero-order valence-electron chi connectivity index (χ0n) is 13.4. The molecular weight excluding hydrogens is 222 g/mol. The smallest absolute Gasteiger partial charge is 0.225 e. The second kappa shape index (κ2) is 7.81. The number of hydrogen-bond donors (Lipinski definition) is 1. The minimum atomic E-state index is -0.260. The van der Waals surface area contributed by atoms with Gasteiger partial charge in [0.05, 0.1) is 0 Å². The van der Waals surface area contributed by atoms with Crippen LogP contribution in [-0.4, -0.2) is 12.5 Å². The quantitative estimate of drug-likeness (QED) is 0.602. The molecule has 2 nitrogen and oxygen atoms in total. The van der Waals surface area contributed by atoms with Crippen LogP contribution in [0.1, 0.15) is 80.1 Å². The summed E-state index contributed by atoms with van der Waals surface area (Å²) >= 11 is 0. The first-order valence-electron chi connectivity index (χ1n) is 7.53. The van der Waals surface area contributed by atoms with E-state index >= 15 is 0 Å². The Morgan fingerprint density at radius 3 is 2.11 bits per heavy atom. The van der Waals surface area contributed by atoms with Gasteiger partial charge in [-0.3, -0.25) is 4.79 Å². The molecule has 0 aliphatic carbocycles. The number of carbonyl (C=O) groups excluding carboxylic acids is 1. The van der Waals surface area contributed by atoms with Crippen molar-refractivity contribution < 1.29 is 4.79 Å². The number of nitrogens with one attached hydrogen (secondary N) is 1. The fraction of sp³-hybridized carbons (Fsp3) is 0.938. The van der Waals surface area contributed by atoms with Crippen molar-refractivity contribution in [2.24, 2.45) is 10.8 Å². The van der Waals surface area contributed by atoms with Crippen LogP contribution in [-0.2, 0) is 4.79 Å². The van der Waals surface area contributed by atoms with Crippen LogP contribution >= 0.6 is 0 Å². The average Bonchev–Trinajstić information content (AvgIpc) is 2.27. The third-order valence-corrected chi connectivity index (χ3v) is 3.81. The monoisotopic (exact) mass is 255 g/mol. The van der Waals surface area contributed by atoms with Crippen molar-refractivity contribution in [1.29, 1.82) is 0 Å². The molecular formula is C16H33NO. The molecule has 0 heterocycles. The van der Waals surface area contributed by atoms with Crippen molar-refractivity contribution in [2.75, 3.05) is 6.54 Å². The lowest BCUT2D eigenvalue weighted by Crippen LogP contribution is -2.40. The molecule has 0 aliphatic rings. The Kier molecular flexibility index (Phi) is 7.58. The van der Waals surface area contributed by atoms with E-state index < -0.39 is 0 Å². The van der Waals surface area contributed by atoms with Crippen molar-refractivity contribution >= 4 is 5.91 Å². The first kappa shape index (κ1) is 17.5. The number of carbonyl (C=O) groups is 1. The lowest BCUT2D eigenvalue weighted by molar-refractivity contribution is -0.131. The van der Waals surface area contributed by atoms with Gasteiger partial charge in [-0.2, -0.15) is 0 Å². The van der Waals surface area contributed by atoms with Crippen molar-refractivity contribution in [3.05, 3.63) is 0 Å². The molecule has 1 amide bonds. The van der Waals surface area contributed by atoms with Crippen LogP contribution in [0, 0.1) is 10.8 Å². The number of rotatable bonds is 9. The Labute approximate surface area is 114 Å². The fourth-order valence-electron chi connectivity index (χ4n) is 2.39. The van der Waals surface area contributed by atoms with Crippen LogP contribution in [0.3, 0.4) is 0 Å². The van der Waals surface area contributed by atoms with Crippen LogP contribution < -0.4 is 5.32 Å². The maximum absolute atomic E-state index is 12.2. The summed E-state index contributed by atoms with van der Waals surface area (Å²) in [4.78, 5) is 12.2. The van der Waals surface area contributed by atoms with E-state index in [2.05, 4.69) is 46.9 Å². The largest absolute Gasteiger partial charge is 0.356 e. The molecule has 0 bridgehead atoms. The summed E-state index contributed by atoms with van der Waals surface area (Å²) in [6.07, 6.45) is 6.88. The summed E-state index contributed by atoms with van der Waals surface area (Å²) in [6.45, 7) is 13.8. The SMILES string of the molecule is CCCCCCNC(=O)C(C)(C)CC(C)(C)CC. The zero-order chi connectivity index (χ0) is 14.2. The lowest BCUT2D eigenvalue weighted by Gasteiger charge is -2.33. The Morgan fingerprint density at radius 1 is 1.00 bits per heavy atom. The molecule has 0 spiro atoms. The van der Waals surface area contributed by atoms with E-state index in [-0.39, 0.29) is 16.7 Å². The first-order chi connectivity index (χ1) is 8.25. The van der Waals surface area contributed by atoms with Crippen molar-refractivity contribution in [3.63, 3.8) is 0 Å². The highest BCUT2D eigenvalue weighted by molar-refractivity contribution is 5.81. The second-order valence-electron chi connectivity index (χ2n) is 6.89. The summed E-state index contributed by atoms with van der Waals surface area (Å²) < 4.78 is 0. The highest BCUT2D eigenvalue weighted by Crippen LogP contribution is 2.36. The van der Waals surface area contributed by atoms with Gasteiger partial charge in [0.15, 0.2) is 0 Å². The summed E-state index contributed by atoms with van der Waals surface area (Å²) in [6, 6.07) is 0. The van der Waals surface area contributed by atoms with E-state index in [0.717, 1.165) is 25.8 Å². The predicted molar refractivity (Wildman–Crippen MR) is 79.6 cm³/mol. The minimum absolute atomic E-state index is 0.209. The van der Waals surface area contributed by atoms with E-state index in [4.69, 9.17) is 0 Å². The molecule has 18 heavy (non-hydrogen) atoms. The van der Waals surface area contributed by atoms with Gasteiger partial charge < -0.3 is 5.32 Å². The van der Waals surface area contributed by atoms with E-state index in [1.54, 1.807) is 0 Å². The summed E-state index contributed by atoms with van der Waals surface area (Å²) in [5, 5.41) is 3.09. The van der Waals surface area contributed by atoms with E-state index in [1.165, 1.54) is 19.3 Å². The van der Waals surface area contributed by atoms with Gasteiger partial charge in [-0.15, -0.1) is 0 Å². The molecule has 0 fully saturated rings. The molecule has 0 aromatic rings. The van der Waals surface area contributed by atoms with Gasteiger partial charge in [-0.25, -0.2) is 0 Å². The van der Waals surface area contributed by atoms with Gasteiger partial charge in [0.1, 0.15) is 0 Å². The highest BCUT2D eigenvalue weighted by Gasteiger charge is 2.33. The predicted octanol–water partition coefficient (Wildman–Crippen LogP) is 4.54. The second-order valence-corrected chi connectivity index (χ2v) is 6.89. The topological polar surface area (TPSA) is 29.1 Å². The molecule has 0 saturated carbocycles. The molecule has 108 valence electrons. The molecule has 0 aromatic heterocycles. The van der Waals surface area contributed by atoms with Crippen LogP contribution in [0.2, 0.25) is 0 Å². The Balaban J connectivity index is 4.07. The van der Waals surface area contributed by atoms with Crippen LogP contribution in [0.15, 0.2) is 0 Å². The van der Waals surface area contributed by atoms with Gasteiger partial charge in [-0.05, 0) is 18.3 Å². The first-order valence-corrected chi connectivity index (χ1v) is 7.53. The number of unbranched alkanes of at least 4 members (excludes halogenated alkanes) is 3. The molecule has 1 N–H and O–H groups in total. The summed E-state index contributed by atoms with van der Waals surface area (Å²) in [5.41, 5.74) is -0.0205. The maximum Gasteiger partial charge on any atom is 0.225 e. The zero-order valence-corrected chi connectivity index (χ0v) is 13.4. The molecule has 0 unspecified atom stereocenters. The number of amides is 1. The standard InChI is InChI=1S/C16H33NO/c1-7-9-10-11-12-17-14(18)16(5,6)13-15(3,4)8-2/h7-13H2,1-6H3,(H,17,18). The minimum Gasteiger partial charge on any atom is -0.356 e. The van der Waals surface area contributed by atoms with Crippen LogP contribution in [0.25, 0.3) is 0 Å². The third-order valence-electron chi connectivity index (χ3n) is 3.81. The van der Waals surface area contributed by atoms with Crippen molar-refractivity contribution in [1.82, 2.24) is 5.32 Å². The Morgan fingerprint density at radius 2 is 1.61 bits per heavy atom. The van der Waals surface area contributed by atoms with Gasteiger partial charge in [0.2, 0.25) is 5.91 Å². The van der Waals surface area contributed by atoms with Crippen LogP contribution in [0.4, 0.5) is 0 Å². The molecule has 2 heteroatoms. The van der Waals surface area contributed by atoms with Crippen molar-refractivity contribution in [2.45, 2.75) is 80.1 Å². The van der Waals surface area contributed by atoms with Gasteiger partial charge in [0, 0.05) is 12.0 Å². The average molecular weight is 255 g/mol. The van der Waals surface area contributed by atoms with E-state index in [0.29, 0.717) is 0 Å². The van der Waals surface area contributed by atoms with E-state index in [9.17, 15) is 4.79 Å². The molecule has 0 radical (unpaired) electrons. The van der Waals surface area contributed by atoms with Gasteiger partial charge in [-0.1, -0.05) is 67.2 Å². The highest BCUT2D eigenvalue weighted by atomic mass is 16.2. The van der Waals surface area contributed by atoms with Crippen molar-refractivity contribution in [3.8, 4) is 0 Å². The summed E-state index contributed by atoms with van der Waals surface area (Å²) in [5.74, 6) is 0.209. The maximum atomic E-state index is 12.2. The molecule has 0 saturated heterocycles. The molecule has 0 aromatic carbocycles.